The number of halogens is 1. The Hall–Kier alpha value is -2.50. The van der Waals surface area contributed by atoms with Crippen LogP contribution in [0.1, 0.15) is 22.5 Å². The number of carbonyl (C=O) groups is 1. The quantitative estimate of drug-likeness (QED) is 0.432. The van der Waals surface area contributed by atoms with Gasteiger partial charge in [0.25, 0.3) is 0 Å². The lowest BCUT2D eigenvalue weighted by atomic mass is 10.2. The number of hydrazone groups is 1. The van der Waals surface area contributed by atoms with Gasteiger partial charge in [-0.05, 0) is 43.7 Å². The molecule has 3 aromatic rings. The number of aryl methyl sites for hydroxylation is 1. The molecule has 0 aliphatic heterocycles. The lowest BCUT2D eigenvalue weighted by Gasteiger charge is -2.09. The number of rotatable bonds is 7. The van der Waals surface area contributed by atoms with Gasteiger partial charge < -0.3 is 4.57 Å². The fourth-order valence-corrected chi connectivity index (χ4v) is 3.94. The predicted octanol–water partition coefficient (Wildman–Crippen LogP) is 5.13. The van der Waals surface area contributed by atoms with Crippen LogP contribution in [-0.4, -0.2) is 22.4 Å². The number of aromatic nitrogens is 1. The van der Waals surface area contributed by atoms with E-state index < -0.39 is 0 Å². The molecule has 1 aromatic heterocycles. The zero-order chi connectivity index (χ0) is 19.9. The highest BCUT2D eigenvalue weighted by molar-refractivity contribution is 7.99. The topological polar surface area (TPSA) is 46.4 Å². The van der Waals surface area contributed by atoms with E-state index >= 15 is 0 Å². The summed E-state index contributed by atoms with van der Waals surface area (Å²) in [5.74, 6) is 1.06. The van der Waals surface area contributed by atoms with Crippen LogP contribution >= 0.6 is 23.4 Å². The average Bonchev–Trinajstić information content (AvgIpc) is 2.96. The number of benzene rings is 2. The molecular formula is C22H22ClN3OS. The van der Waals surface area contributed by atoms with E-state index in [1.165, 1.54) is 5.56 Å². The molecule has 4 nitrogen and oxygen atoms in total. The second-order valence-corrected chi connectivity index (χ2v) is 7.84. The fourth-order valence-electron chi connectivity index (χ4n) is 2.97. The Bertz CT molecular complexity index is 983. The van der Waals surface area contributed by atoms with E-state index in [4.69, 9.17) is 11.6 Å². The summed E-state index contributed by atoms with van der Waals surface area (Å²) in [5, 5.41) is 4.81. The fraction of sp³-hybridized carbons (Fsp3) is 0.182. The Labute approximate surface area is 174 Å². The minimum Gasteiger partial charge on any atom is -0.318 e. The van der Waals surface area contributed by atoms with Crippen LogP contribution in [-0.2, 0) is 10.5 Å². The van der Waals surface area contributed by atoms with Gasteiger partial charge in [0, 0.05) is 33.4 Å². The molecule has 0 fully saturated rings. The molecule has 28 heavy (non-hydrogen) atoms. The van der Waals surface area contributed by atoms with Crippen molar-refractivity contribution in [3.8, 4) is 5.69 Å². The van der Waals surface area contributed by atoms with E-state index in [0.717, 1.165) is 28.4 Å². The SMILES string of the molecule is Cc1cc(/C=N\NC(=O)CSCc2ccccc2)c(C)n1-c1cccc(Cl)c1. The number of thioether (sulfide) groups is 1. The standard InChI is InChI=1S/C22H22ClN3OS/c1-16-11-19(17(2)26(16)21-10-6-9-20(23)12-21)13-24-25-22(27)15-28-14-18-7-4-3-5-8-18/h3-13H,14-15H2,1-2H3,(H,25,27)/b24-13-. The maximum absolute atomic E-state index is 12.0. The van der Waals surface area contributed by atoms with Crippen molar-refractivity contribution in [1.82, 2.24) is 9.99 Å². The Kier molecular flexibility index (Phi) is 6.95. The van der Waals surface area contributed by atoms with E-state index in [1.807, 2.05) is 62.4 Å². The Morgan fingerprint density at radius 1 is 1.14 bits per heavy atom. The normalized spacial score (nSPS) is 11.1. The van der Waals surface area contributed by atoms with Gasteiger partial charge in [0.15, 0.2) is 0 Å². The van der Waals surface area contributed by atoms with Crippen molar-refractivity contribution >= 4 is 35.5 Å². The van der Waals surface area contributed by atoms with Crippen molar-refractivity contribution in [3.63, 3.8) is 0 Å². The summed E-state index contributed by atoms with van der Waals surface area (Å²) < 4.78 is 2.12. The molecule has 1 amide bonds. The minimum absolute atomic E-state index is 0.110. The van der Waals surface area contributed by atoms with Gasteiger partial charge in [-0.1, -0.05) is 48.0 Å². The summed E-state index contributed by atoms with van der Waals surface area (Å²) in [6.07, 6.45) is 1.68. The number of carbonyl (C=O) groups excluding carboxylic acids is 1. The molecule has 144 valence electrons. The Morgan fingerprint density at radius 3 is 2.68 bits per heavy atom. The van der Waals surface area contributed by atoms with Crippen LogP contribution < -0.4 is 5.43 Å². The van der Waals surface area contributed by atoms with Crippen LogP contribution in [0.5, 0.6) is 0 Å². The van der Waals surface area contributed by atoms with Crippen LogP contribution in [0.25, 0.3) is 5.69 Å². The van der Waals surface area contributed by atoms with Crippen LogP contribution in [0.4, 0.5) is 0 Å². The van der Waals surface area contributed by atoms with Crippen LogP contribution in [0.15, 0.2) is 65.8 Å². The Morgan fingerprint density at radius 2 is 1.93 bits per heavy atom. The van der Waals surface area contributed by atoms with Crippen molar-refractivity contribution in [1.29, 1.82) is 0 Å². The summed E-state index contributed by atoms with van der Waals surface area (Å²) in [7, 11) is 0. The van der Waals surface area contributed by atoms with Gasteiger partial charge in [-0.15, -0.1) is 11.8 Å². The van der Waals surface area contributed by atoms with Gasteiger partial charge in [0.1, 0.15) is 0 Å². The predicted molar refractivity (Wildman–Crippen MR) is 119 cm³/mol. The molecule has 1 heterocycles. The zero-order valence-electron chi connectivity index (χ0n) is 15.9. The van der Waals surface area contributed by atoms with Gasteiger partial charge in [-0.3, -0.25) is 4.79 Å². The first-order valence-corrected chi connectivity index (χ1v) is 10.5. The van der Waals surface area contributed by atoms with E-state index in [1.54, 1.807) is 18.0 Å². The molecule has 1 N–H and O–H groups in total. The van der Waals surface area contributed by atoms with Crippen molar-refractivity contribution in [2.24, 2.45) is 5.10 Å². The zero-order valence-corrected chi connectivity index (χ0v) is 17.4. The van der Waals surface area contributed by atoms with Crippen molar-refractivity contribution < 1.29 is 4.79 Å². The van der Waals surface area contributed by atoms with E-state index in [-0.39, 0.29) is 5.91 Å². The smallest absolute Gasteiger partial charge is 0.250 e. The molecule has 0 saturated heterocycles. The molecular weight excluding hydrogens is 390 g/mol. The number of hydrogen-bond acceptors (Lipinski definition) is 3. The third kappa shape index (κ3) is 5.27. The van der Waals surface area contributed by atoms with Crippen molar-refractivity contribution in [3.05, 3.63) is 88.2 Å². The third-order valence-electron chi connectivity index (χ3n) is 4.27. The highest BCUT2D eigenvalue weighted by atomic mass is 35.5. The third-order valence-corrected chi connectivity index (χ3v) is 5.51. The minimum atomic E-state index is -0.110. The van der Waals surface area contributed by atoms with E-state index in [2.05, 4.69) is 27.2 Å². The van der Waals surface area contributed by atoms with Gasteiger partial charge in [0.05, 0.1) is 12.0 Å². The van der Waals surface area contributed by atoms with Crippen LogP contribution in [0.2, 0.25) is 5.02 Å². The molecule has 0 saturated carbocycles. The highest BCUT2D eigenvalue weighted by Crippen LogP contribution is 2.22. The number of amides is 1. The van der Waals surface area contributed by atoms with Gasteiger partial charge in [-0.2, -0.15) is 5.10 Å². The molecule has 2 aromatic carbocycles. The van der Waals surface area contributed by atoms with E-state index in [0.29, 0.717) is 10.8 Å². The summed E-state index contributed by atoms with van der Waals surface area (Å²) >= 11 is 7.68. The number of nitrogens with one attached hydrogen (secondary N) is 1. The lowest BCUT2D eigenvalue weighted by molar-refractivity contribution is -0.118. The van der Waals surface area contributed by atoms with Crippen molar-refractivity contribution in [2.45, 2.75) is 19.6 Å². The molecule has 0 unspecified atom stereocenters. The average molecular weight is 412 g/mol. The van der Waals surface area contributed by atoms with Gasteiger partial charge in [-0.25, -0.2) is 5.43 Å². The molecule has 6 heteroatoms. The van der Waals surface area contributed by atoms with Gasteiger partial charge in [0.2, 0.25) is 5.91 Å². The maximum Gasteiger partial charge on any atom is 0.250 e. The highest BCUT2D eigenvalue weighted by Gasteiger charge is 2.10. The van der Waals surface area contributed by atoms with Crippen LogP contribution in [0.3, 0.4) is 0 Å². The summed E-state index contributed by atoms with van der Waals surface area (Å²) in [6.45, 7) is 4.05. The summed E-state index contributed by atoms with van der Waals surface area (Å²) in [6, 6.07) is 19.9. The molecule has 0 aliphatic carbocycles. The lowest BCUT2D eigenvalue weighted by Crippen LogP contribution is -2.19. The number of nitrogens with zero attached hydrogens (tertiary/aromatic N) is 2. The van der Waals surface area contributed by atoms with Crippen LogP contribution in [0, 0.1) is 13.8 Å². The molecule has 0 radical (unpaired) electrons. The molecule has 0 spiro atoms. The molecule has 3 rings (SSSR count). The number of hydrogen-bond donors (Lipinski definition) is 1. The first-order valence-electron chi connectivity index (χ1n) is 8.93. The monoisotopic (exact) mass is 411 g/mol. The second kappa shape index (κ2) is 9.62. The molecule has 0 atom stereocenters. The second-order valence-electron chi connectivity index (χ2n) is 6.41. The van der Waals surface area contributed by atoms with Gasteiger partial charge >= 0.3 is 0 Å². The first-order chi connectivity index (χ1) is 13.5. The van der Waals surface area contributed by atoms with Crippen molar-refractivity contribution in [2.75, 3.05) is 5.75 Å². The molecule has 0 bridgehead atoms. The summed E-state index contributed by atoms with van der Waals surface area (Å²) in [4.78, 5) is 12.0. The largest absolute Gasteiger partial charge is 0.318 e. The summed E-state index contributed by atoms with van der Waals surface area (Å²) in [5.41, 5.74) is 7.88. The first kappa shape index (κ1) is 20.2. The Balaban J connectivity index is 1.57. The molecule has 0 aliphatic rings. The maximum atomic E-state index is 12.0. The van der Waals surface area contributed by atoms with E-state index in [9.17, 15) is 4.79 Å².